The van der Waals surface area contributed by atoms with E-state index in [9.17, 15) is 48.9 Å². The molecule has 2 saturated heterocycles. The van der Waals surface area contributed by atoms with Crippen LogP contribution in [0.2, 0.25) is 0 Å². The molecule has 4 heterocycles. The average Bonchev–Trinajstić information content (AvgIpc) is 3.55. The van der Waals surface area contributed by atoms with Gasteiger partial charge in [-0.3, -0.25) is 23.2 Å². The molecule has 0 radical (unpaired) electrons. The molecule has 3 unspecified atom stereocenters. The maximum absolute atomic E-state index is 12.3. The molecule has 9 N–H and O–H groups in total. The number of esters is 1. The van der Waals surface area contributed by atoms with E-state index >= 15 is 0 Å². The first-order valence-corrected chi connectivity index (χ1v) is 15.1. The van der Waals surface area contributed by atoms with Gasteiger partial charge in [-0.25, -0.2) is 24.1 Å². The molecule has 0 aliphatic carbocycles. The van der Waals surface area contributed by atoms with Gasteiger partial charge in [-0.05, 0) is 0 Å². The molecular weight excluding hydrogens is 632 g/mol. The van der Waals surface area contributed by atoms with Crippen molar-refractivity contribution in [3.8, 4) is 0 Å². The second-order valence-corrected chi connectivity index (χ2v) is 12.2. The van der Waals surface area contributed by atoms with E-state index in [-0.39, 0.29) is 17.0 Å². The van der Waals surface area contributed by atoms with Crippen molar-refractivity contribution in [2.45, 2.75) is 62.0 Å². The van der Waals surface area contributed by atoms with Crippen molar-refractivity contribution in [2.24, 2.45) is 0 Å². The highest BCUT2D eigenvalue weighted by Gasteiger charge is 2.48. The summed E-state index contributed by atoms with van der Waals surface area (Å²) >= 11 is 0. The summed E-state index contributed by atoms with van der Waals surface area (Å²) in [5.74, 6) is -2.35. The maximum Gasteiger partial charge on any atom is 0.481 e. The fourth-order valence-electron chi connectivity index (χ4n) is 4.07. The third kappa shape index (κ3) is 7.88. The smallest absolute Gasteiger partial charge is 0.481 e. The van der Waals surface area contributed by atoms with Crippen LogP contribution in [0.25, 0.3) is 11.2 Å². The van der Waals surface area contributed by atoms with E-state index in [2.05, 4.69) is 28.3 Å². The quantitative estimate of drug-likeness (QED) is 0.0791. The minimum Gasteiger partial charge on any atom is -0.481 e. The fraction of sp³-hybridized carbons (Fsp3) is 0.632. The Bertz CT molecular complexity index is 1430. The second-order valence-electron chi connectivity index (χ2n) is 9.14. The first kappa shape index (κ1) is 33.2. The number of anilines is 1. The molecule has 43 heavy (non-hydrogen) atoms. The van der Waals surface area contributed by atoms with Gasteiger partial charge >= 0.3 is 27.6 Å². The summed E-state index contributed by atoms with van der Waals surface area (Å²) in [6.07, 6.45) is -11.9. The van der Waals surface area contributed by atoms with Gasteiger partial charge in [0.25, 0.3) is 0 Å². The summed E-state index contributed by atoms with van der Waals surface area (Å²) in [4.78, 5) is 53.8. The van der Waals surface area contributed by atoms with E-state index in [1.54, 1.807) is 0 Å². The fourth-order valence-corrected chi connectivity index (χ4v) is 6.16. The summed E-state index contributed by atoms with van der Waals surface area (Å²) in [6.45, 7) is -1.96. The summed E-state index contributed by atoms with van der Waals surface area (Å²) in [5.41, 5.74) is 6.05. The third-order valence-corrected chi connectivity index (χ3v) is 8.73. The largest absolute Gasteiger partial charge is 0.481 e. The highest BCUT2D eigenvalue weighted by molar-refractivity contribution is 7.61. The molecular formula is C19H27N5O17P2. The highest BCUT2D eigenvalue weighted by Crippen LogP contribution is 2.60. The Morgan fingerprint density at radius 1 is 0.930 bits per heavy atom. The zero-order valence-electron chi connectivity index (χ0n) is 21.6. The molecule has 0 bridgehead atoms. The minimum atomic E-state index is -5.43. The highest BCUT2D eigenvalue weighted by atomic mass is 31.3. The van der Waals surface area contributed by atoms with Crippen molar-refractivity contribution >= 4 is 44.6 Å². The molecule has 2 aromatic rings. The van der Waals surface area contributed by atoms with Gasteiger partial charge in [0.15, 0.2) is 30.1 Å². The first-order chi connectivity index (χ1) is 20.1. The number of carbonyl (C=O) groups is 2. The lowest BCUT2D eigenvalue weighted by atomic mass is 10.1. The molecule has 10 atom stereocenters. The van der Waals surface area contributed by atoms with Crippen molar-refractivity contribution in [1.29, 1.82) is 0 Å². The number of carboxylic acid groups (broad SMARTS) is 1. The van der Waals surface area contributed by atoms with Crippen LogP contribution >= 0.6 is 15.6 Å². The molecule has 2 aliphatic heterocycles. The number of hydrogen-bond acceptors (Lipinski definition) is 18. The zero-order valence-corrected chi connectivity index (χ0v) is 23.4. The number of imidazole rings is 1. The summed E-state index contributed by atoms with van der Waals surface area (Å²) < 4.78 is 54.3. The number of carboxylic acids is 1. The van der Waals surface area contributed by atoms with Crippen molar-refractivity contribution < 1.29 is 81.6 Å². The second kappa shape index (κ2) is 13.1. The molecule has 24 heteroatoms. The lowest BCUT2D eigenvalue weighted by Crippen LogP contribution is -2.38. The Kier molecular flexibility index (Phi) is 10.1. The number of ether oxygens (including phenoxy) is 3. The summed E-state index contributed by atoms with van der Waals surface area (Å²) in [7, 11) is -10.8. The minimum absolute atomic E-state index is 0.0344. The van der Waals surface area contributed by atoms with Crippen molar-refractivity contribution in [3.05, 3.63) is 12.7 Å². The Morgan fingerprint density at radius 2 is 1.56 bits per heavy atom. The Morgan fingerprint density at radius 3 is 2.19 bits per heavy atom. The number of fused-ring (bicyclic) bond motifs is 1. The number of phosphoric acid groups is 2. The van der Waals surface area contributed by atoms with E-state index in [1.807, 2.05) is 0 Å². The van der Waals surface area contributed by atoms with E-state index < -0.39 is 103 Å². The molecule has 240 valence electrons. The van der Waals surface area contributed by atoms with Gasteiger partial charge in [0.1, 0.15) is 42.4 Å². The normalized spacial score (nSPS) is 32.0. The SMILES string of the molecule is Nc1ncnc2c1ncn2[C@@H]1O[C@H](COP(=O)(O)OP(=O)(O)OC[C@@H]2OC(O)[C@@H](OC(=O)CCC(=O)O)[C@H]2O)[C@@H](O)[C@H]1O. The first-order valence-electron chi connectivity index (χ1n) is 12.1. The average molecular weight is 659 g/mol. The van der Waals surface area contributed by atoms with Crippen molar-refractivity contribution in [1.82, 2.24) is 19.5 Å². The lowest BCUT2D eigenvalue weighted by Gasteiger charge is -2.21. The molecule has 0 aromatic carbocycles. The number of aliphatic hydroxyl groups excluding tert-OH is 4. The molecule has 2 fully saturated rings. The Hall–Kier alpha value is -2.69. The summed E-state index contributed by atoms with van der Waals surface area (Å²) in [6, 6.07) is 0. The number of aromatic nitrogens is 4. The maximum atomic E-state index is 12.3. The van der Waals surface area contributed by atoms with E-state index in [4.69, 9.17) is 25.1 Å². The molecule has 0 spiro atoms. The lowest BCUT2D eigenvalue weighted by molar-refractivity contribution is -0.173. The van der Waals surface area contributed by atoms with Crippen LogP contribution < -0.4 is 5.73 Å². The number of nitrogens with two attached hydrogens (primary N) is 1. The van der Waals surface area contributed by atoms with Gasteiger partial charge in [-0.2, -0.15) is 4.31 Å². The number of rotatable bonds is 13. The predicted molar refractivity (Wildman–Crippen MR) is 132 cm³/mol. The number of carbonyl (C=O) groups excluding carboxylic acids is 1. The number of nitrogen functional groups attached to an aromatic ring is 1. The molecule has 2 aromatic heterocycles. The van der Waals surface area contributed by atoms with Gasteiger partial charge in [0.05, 0.1) is 32.4 Å². The molecule has 22 nitrogen and oxygen atoms in total. The van der Waals surface area contributed by atoms with Crippen molar-refractivity contribution in [3.63, 3.8) is 0 Å². The van der Waals surface area contributed by atoms with Gasteiger partial charge in [0.2, 0.25) is 0 Å². The van der Waals surface area contributed by atoms with Gasteiger partial charge in [-0.1, -0.05) is 0 Å². The topological polar surface area (TPSA) is 335 Å². The van der Waals surface area contributed by atoms with Gasteiger partial charge in [0, 0.05) is 0 Å². The van der Waals surface area contributed by atoms with Crippen LogP contribution in [-0.4, -0.2) is 123 Å². The molecule has 0 saturated carbocycles. The summed E-state index contributed by atoms with van der Waals surface area (Å²) in [5, 5.41) is 49.5. The van der Waals surface area contributed by atoms with Crippen LogP contribution in [0.1, 0.15) is 19.1 Å². The predicted octanol–water partition coefficient (Wildman–Crippen LogP) is -2.87. The van der Waals surface area contributed by atoms with E-state index in [1.165, 1.54) is 10.9 Å². The number of aliphatic carboxylic acids is 1. The van der Waals surface area contributed by atoms with Crippen LogP contribution in [-0.2, 0) is 46.3 Å². The van der Waals surface area contributed by atoms with Crippen LogP contribution in [0.4, 0.5) is 5.82 Å². The zero-order chi connectivity index (χ0) is 31.7. The molecule has 2 aliphatic rings. The van der Waals surface area contributed by atoms with Crippen LogP contribution in [0.15, 0.2) is 12.7 Å². The number of aliphatic hydroxyl groups is 4. The van der Waals surface area contributed by atoms with Gasteiger partial charge < -0.3 is 55.3 Å². The standard InChI is InChI=1S/C19H27N5O17P2/c20-16-11-17(22-5-21-16)24(6-23-11)18-14(30)12(28)7(38-18)3-36-42(32,33)41-43(34,35)37-4-8-13(29)15(19(31)39-8)40-10(27)2-1-9(25)26/h5-8,12-15,18-19,28-31H,1-4H2,(H,25,26)(H,32,33)(H,34,35)(H2,20,21,22)/t7-,8+,12-,13+,14-,15+,18-,19?/m1/s1. The third-order valence-electron chi connectivity index (χ3n) is 6.13. The van der Waals surface area contributed by atoms with Gasteiger partial charge in [-0.15, -0.1) is 0 Å². The van der Waals surface area contributed by atoms with Crippen LogP contribution in [0.3, 0.4) is 0 Å². The Labute approximate surface area is 239 Å². The van der Waals surface area contributed by atoms with E-state index in [0.717, 1.165) is 6.33 Å². The number of nitrogens with zero attached hydrogens (tertiary/aromatic N) is 4. The van der Waals surface area contributed by atoms with E-state index in [0.29, 0.717) is 0 Å². The van der Waals surface area contributed by atoms with Crippen molar-refractivity contribution in [2.75, 3.05) is 18.9 Å². The number of phosphoric ester groups is 2. The molecule has 4 rings (SSSR count). The monoisotopic (exact) mass is 659 g/mol. The van der Waals surface area contributed by atoms with Crippen LogP contribution in [0.5, 0.6) is 0 Å². The Balaban J connectivity index is 1.28. The number of hydrogen-bond donors (Lipinski definition) is 8. The molecule has 0 amide bonds. The van der Waals surface area contributed by atoms with Crippen LogP contribution in [0, 0.1) is 0 Å².